The lowest BCUT2D eigenvalue weighted by atomic mass is 10.0. The van der Waals surface area contributed by atoms with Crippen LogP contribution in [0.2, 0.25) is 0 Å². The first-order valence-corrected chi connectivity index (χ1v) is 5.65. The number of carbonyl (C=O) groups excluding carboxylic acids is 1. The molecule has 0 saturated heterocycles. The molecule has 1 aromatic carbocycles. The lowest BCUT2D eigenvalue weighted by Crippen LogP contribution is -2.08. The number of hydrogen-bond acceptors (Lipinski definition) is 2. The van der Waals surface area contributed by atoms with E-state index >= 15 is 0 Å². The summed E-state index contributed by atoms with van der Waals surface area (Å²) >= 11 is 3.10. The van der Waals surface area contributed by atoms with Gasteiger partial charge >= 0.3 is 6.18 Å². The molecule has 1 fully saturated rings. The number of alkyl halides is 3. The van der Waals surface area contributed by atoms with Crippen LogP contribution in [0.1, 0.15) is 24.0 Å². The highest BCUT2D eigenvalue weighted by Gasteiger charge is 2.46. The second kappa shape index (κ2) is 3.96. The van der Waals surface area contributed by atoms with Crippen LogP contribution in [0.5, 0.6) is 0 Å². The van der Waals surface area contributed by atoms with Crippen LogP contribution in [-0.2, 0) is 16.5 Å². The minimum atomic E-state index is -4.37. The van der Waals surface area contributed by atoms with Crippen LogP contribution in [0, 0.1) is 0 Å². The summed E-state index contributed by atoms with van der Waals surface area (Å²) in [5, 5.41) is 0. The number of isocyanates is 1. The predicted molar refractivity (Wildman–Crippen MR) is 58.2 cm³/mol. The fraction of sp³-hybridized carbons (Fsp3) is 0.364. The van der Waals surface area contributed by atoms with Crippen LogP contribution in [0.3, 0.4) is 0 Å². The molecule has 0 aliphatic heterocycles. The van der Waals surface area contributed by atoms with E-state index in [4.69, 9.17) is 0 Å². The molecule has 2 nitrogen and oxygen atoms in total. The molecule has 0 heterocycles. The highest BCUT2D eigenvalue weighted by atomic mass is 79.9. The number of rotatable bonds is 2. The zero-order valence-corrected chi connectivity index (χ0v) is 10.1. The third kappa shape index (κ3) is 2.28. The van der Waals surface area contributed by atoms with Gasteiger partial charge in [0, 0.05) is 4.47 Å². The summed E-state index contributed by atoms with van der Waals surface area (Å²) in [6.07, 6.45) is -1.58. The first kappa shape index (κ1) is 12.3. The normalized spacial score (nSPS) is 17.4. The van der Waals surface area contributed by atoms with Crippen LogP contribution in [-0.4, -0.2) is 6.08 Å². The molecule has 0 N–H and O–H groups in total. The minimum absolute atomic E-state index is 0.323. The summed E-state index contributed by atoms with van der Waals surface area (Å²) in [7, 11) is 0. The standard InChI is InChI=1S/C11H7BrF3NO/c12-9-5-7(11(13,14)15)1-2-8(9)10(3-4-10)16-6-17/h1-2,5H,3-4H2. The van der Waals surface area contributed by atoms with E-state index in [1.165, 1.54) is 12.1 Å². The Balaban J connectivity index is 2.43. The van der Waals surface area contributed by atoms with Gasteiger partial charge < -0.3 is 0 Å². The van der Waals surface area contributed by atoms with Crippen molar-refractivity contribution in [1.29, 1.82) is 0 Å². The fourth-order valence-electron chi connectivity index (χ4n) is 1.72. The predicted octanol–water partition coefficient (Wildman–Crippen LogP) is 3.79. The third-order valence-corrected chi connectivity index (χ3v) is 3.44. The highest BCUT2D eigenvalue weighted by Crippen LogP contribution is 2.52. The molecule has 0 atom stereocenters. The molecule has 1 saturated carbocycles. The average Bonchev–Trinajstić information content (AvgIpc) is 2.97. The molecule has 2 rings (SSSR count). The maximum atomic E-state index is 12.5. The molecule has 0 unspecified atom stereocenters. The van der Waals surface area contributed by atoms with E-state index in [0.29, 0.717) is 22.9 Å². The average molecular weight is 306 g/mol. The molecular formula is C11H7BrF3NO. The Morgan fingerprint density at radius 1 is 1.35 bits per heavy atom. The Morgan fingerprint density at radius 3 is 2.41 bits per heavy atom. The van der Waals surface area contributed by atoms with Crippen molar-refractivity contribution in [1.82, 2.24) is 0 Å². The first-order valence-electron chi connectivity index (χ1n) is 4.85. The first-order chi connectivity index (χ1) is 7.89. The highest BCUT2D eigenvalue weighted by molar-refractivity contribution is 9.10. The van der Waals surface area contributed by atoms with E-state index in [1.807, 2.05) is 0 Å². The summed E-state index contributed by atoms with van der Waals surface area (Å²) in [6, 6.07) is 3.37. The monoisotopic (exact) mass is 305 g/mol. The molecule has 17 heavy (non-hydrogen) atoms. The molecule has 0 spiro atoms. The number of halogens is 4. The van der Waals surface area contributed by atoms with Crippen molar-refractivity contribution in [2.75, 3.05) is 0 Å². The molecule has 0 amide bonds. The summed E-state index contributed by atoms with van der Waals surface area (Å²) in [5.41, 5.74) is -0.780. The van der Waals surface area contributed by atoms with Gasteiger partial charge in [0.1, 0.15) is 0 Å². The van der Waals surface area contributed by atoms with E-state index in [2.05, 4.69) is 20.9 Å². The van der Waals surface area contributed by atoms with Crippen molar-refractivity contribution >= 4 is 22.0 Å². The van der Waals surface area contributed by atoms with E-state index < -0.39 is 17.3 Å². The number of hydrogen-bond donors (Lipinski definition) is 0. The Labute approximate surface area is 104 Å². The van der Waals surface area contributed by atoms with Gasteiger partial charge in [0.15, 0.2) is 0 Å². The number of benzene rings is 1. The quantitative estimate of drug-likeness (QED) is 0.604. The van der Waals surface area contributed by atoms with Gasteiger partial charge in [-0.05, 0) is 30.5 Å². The second-order valence-electron chi connectivity index (χ2n) is 3.93. The van der Waals surface area contributed by atoms with Crippen LogP contribution >= 0.6 is 15.9 Å². The lowest BCUT2D eigenvalue weighted by Gasteiger charge is -2.13. The van der Waals surface area contributed by atoms with E-state index in [0.717, 1.165) is 12.1 Å². The van der Waals surface area contributed by atoms with E-state index in [9.17, 15) is 18.0 Å². The summed E-state index contributed by atoms with van der Waals surface area (Å²) in [4.78, 5) is 14.0. The van der Waals surface area contributed by atoms with Gasteiger partial charge in [-0.1, -0.05) is 22.0 Å². The molecule has 1 aliphatic rings. The Hall–Kier alpha value is -1.13. The lowest BCUT2D eigenvalue weighted by molar-refractivity contribution is -0.137. The fourth-order valence-corrected chi connectivity index (χ4v) is 2.46. The molecule has 6 heteroatoms. The van der Waals surface area contributed by atoms with Gasteiger partial charge in [-0.15, -0.1) is 0 Å². The van der Waals surface area contributed by atoms with Crippen molar-refractivity contribution < 1.29 is 18.0 Å². The second-order valence-corrected chi connectivity index (χ2v) is 4.78. The summed E-state index contributed by atoms with van der Waals surface area (Å²) in [6.45, 7) is 0. The van der Waals surface area contributed by atoms with Crippen molar-refractivity contribution in [3.05, 3.63) is 33.8 Å². The number of nitrogens with zero attached hydrogens (tertiary/aromatic N) is 1. The minimum Gasteiger partial charge on any atom is -0.211 e. The van der Waals surface area contributed by atoms with Crippen LogP contribution < -0.4 is 0 Å². The van der Waals surface area contributed by atoms with E-state index in [-0.39, 0.29) is 0 Å². The Bertz CT molecular complexity index is 502. The van der Waals surface area contributed by atoms with E-state index in [1.54, 1.807) is 0 Å². The van der Waals surface area contributed by atoms with Crippen LogP contribution in [0.25, 0.3) is 0 Å². The SMILES string of the molecule is O=C=NC1(c2ccc(C(F)(F)F)cc2Br)CC1. The van der Waals surface area contributed by atoms with Gasteiger partial charge in [0.2, 0.25) is 6.08 Å². The van der Waals surface area contributed by atoms with Crippen LogP contribution in [0.4, 0.5) is 13.2 Å². The molecule has 1 aliphatic carbocycles. The van der Waals surface area contributed by atoms with Crippen molar-refractivity contribution in [2.24, 2.45) is 4.99 Å². The largest absolute Gasteiger partial charge is 0.416 e. The van der Waals surface area contributed by atoms with Gasteiger partial charge in [-0.3, -0.25) is 0 Å². The maximum absolute atomic E-state index is 12.5. The zero-order valence-electron chi connectivity index (χ0n) is 8.51. The molecule has 0 radical (unpaired) electrons. The third-order valence-electron chi connectivity index (χ3n) is 2.78. The van der Waals surface area contributed by atoms with Crippen molar-refractivity contribution in [2.45, 2.75) is 24.6 Å². The maximum Gasteiger partial charge on any atom is 0.416 e. The van der Waals surface area contributed by atoms with Gasteiger partial charge in [-0.25, -0.2) is 4.79 Å². The van der Waals surface area contributed by atoms with Gasteiger partial charge in [0.25, 0.3) is 0 Å². The summed E-state index contributed by atoms with van der Waals surface area (Å²) in [5.74, 6) is 0. The van der Waals surface area contributed by atoms with Crippen molar-refractivity contribution in [3.8, 4) is 0 Å². The Kier molecular flexibility index (Phi) is 2.87. The smallest absolute Gasteiger partial charge is 0.211 e. The zero-order chi connectivity index (χ0) is 12.7. The molecule has 0 aromatic heterocycles. The molecule has 1 aromatic rings. The molecule has 90 valence electrons. The van der Waals surface area contributed by atoms with Gasteiger partial charge in [-0.2, -0.15) is 18.2 Å². The Morgan fingerprint density at radius 2 is 2.00 bits per heavy atom. The van der Waals surface area contributed by atoms with Crippen molar-refractivity contribution in [3.63, 3.8) is 0 Å². The topological polar surface area (TPSA) is 29.4 Å². The molecule has 0 bridgehead atoms. The van der Waals surface area contributed by atoms with Crippen LogP contribution in [0.15, 0.2) is 27.7 Å². The van der Waals surface area contributed by atoms with Gasteiger partial charge in [0.05, 0.1) is 11.1 Å². The summed E-state index contributed by atoms with van der Waals surface area (Å²) < 4.78 is 37.7. The molecular weight excluding hydrogens is 299 g/mol. The number of aliphatic imine (C=N–C) groups is 1.